The summed E-state index contributed by atoms with van der Waals surface area (Å²) in [6.07, 6.45) is 3.24. The Balaban J connectivity index is 1.91. The van der Waals surface area contributed by atoms with Crippen LogP contribution in [0.25, 0.3) is 27.7 Å². The standard InChI is InChI=1S/C19H16BN5O5/c1-30-12-8-22-25(9-12)16-5-3-11(20(28)29)7-14(16)10-2-4-13-15(6-10)23-24-18(17(13)21)19(26)27/h2-9,28-29H,1H3,(H2,21,23)(H,26,27). The number of carboxylic acid groups (broad SMARTS) is 1. The molecule has 0 aliphatic rings. The topological polar surface area (TPSA) is 157 Å². The predicted molar refractivity (Wildman–Crippen MR) is 110 cm³/mol. The molecule has 0 spiro atoms. The van der Waals surface area contributed by atoms with Crippen molar-refractivity contribution in [1.29, 1.82) is 0 Å². The molecule has 2 aromatic heterocycles. The van der Waals surface area contributed by atoms with Crippen LogP contribution in [-0.2, 0) is 0 Å². The summed E-state index contributed by atoms with van der Waals surface area (Å²) in [6, 6.07) is 9.98. The highest BCUT2D eigenvalue weighted by Crippen LogP contribution is 2.31. The summed E-state index contributed by atoms with van der Waals surface area (Å²) in [6.45, 7) is 0. The van der Waals surface area contributed by atoms with E-state index in [0.29, 0.717) is 38.9 Å². The fraction of sp³-hybridized carbons (Fsp3) is 0.0526. The number of rotatable bonds is 5. The molecule has 0 saturated carbocycles. The minimum Gasteiger partial charge on any atom is -0.493 e. The fourth-order valence-electron chi connectivity index (χ4n) is 3.14. The number of nitrogen functional groups attached to an aromatic ring is 1. The highest BCUT2D eigenvalue weighted by atomic mass is 16.5. The Bertz CT molecular complexity index is 1270. The minimum absolute atomic E-state index is 0.0237. The van der Waals surface area contributed by atoms with Gasteiger partial charge < -0.3 is 25.6 Å². The van der Waals surface area contributed by atoms with Crippen molar-refractivity contribution >= 4 is 35.1 Å². The molecule has 0 radical (unpaired) electrons. The maximum Gasteiger partial charge on any atom is 0.488 e. The summed E-state index contributed by atoms with van der Waals surface area (Å²) < 4.78 is 6.78. The van der Waals surface area contributed by atoms with Gasteiger partial charge in [-0.3, -0.25) is 0 Å². The lowest BCUT2D eigenvalue weighted by Gasteiger charge is -2.13. The molecule has 10 nitrogen and oxygen atoms in total. The van der Waals surface area contributed by atoms with E-state index in [0.717, 1.165) is 0 Å². The van der Waals surface area contributed by atoms with E-state index in [4.69, 9.17) is 10.5 Å². The number of anilines is 1. The number of carbonyl (C=O) groups is 1. The number of nitrogens with zero attached hydrogens (tertiary/aromatic N) is 4. The quantitative estimate of drug-likeness (QED) is 0.346. The molecule has 4 aromatic rings. The average molecular weight is 405 g/mol. The summed E-state index contributed by atoms with van der Waals surface area (Å²) in [5.41, 5.74) is 8.30. The average Bonchev–Trinajstić information content (AvgIpc) is 3.22. The fourth-order valence-corrected chi connectivity index (χ4v) is 3.14. The van der Waals surface area contributed by atoms with E-state index in [1.165, 1.54) is 7.11 Å². The summed E-state index contributed by atoms with van der Waals surface area (Å²) in [5, 5.41) is 40.8. The number of methoxy groups -OCH3 is 1. The van der Waals surface area contributed by atoms with E-state index in [-0.39, 0.29) is 11.4 Å². The first-order chi connectivity index (χ1) is 14.4. The van der Waals surface area contributed by atoms with Crippen molar-refractivity contribution < 1.29 is 24.7 Å². The van der Waals surface area contributed by atoms with Gasteiger partial charge >= 0.3 is 13.1 Å². The summed E-state index contributed by atoms with van der Waals surface area (Å²) in [5.74, 6) is -0.698. The van der Waals surface area contributed by atoms with Crippen LogP contribution >= 0.6 is 0 Å². The van der Waals surface area contributed by atoms with Crippen molar-refractivity contribution in [3.05, 3.63) is 54.5 Å². The monoisotopic (exact) mass is 405 g/mol. The molecular formula is C19H16BN5O5. The molecule has 0 fully saturated rings. The van der Waals surface area contributed by atoms with Crippen molar-refractivity contribution in [2.24, 2.45) is 0 Å². The van der Waals surface area contributed by atoms with Gasteiger partial charge in [0.15, 0.2) is 11.4 Å². The second kappa shape index (κ2) is 7.46. The SMILES string of the molecule is COc1cnn(-c2ccc(B(O)O)cc2-c2ccc3c(N)c(C(=O)O)nnc3c2)c1. The number of ether oxygens (including phenoxy) is 1. The molecule has 30 heavy (non-hydrogen) atoms. The Hall–Kier alpha value is -3.96. The number of benzene rings is 2. The molecular weight excluding hydrogens is 389 g/mol. The van der Waals surface area contributed by atoms with Gasteiger partial charge in [-0.25, -0.2) is 9.48 Å². The molecule has 0 atom stereocenters. The first-order valence-electron chi connectivity index (χ1n) is 8.77. The molecule has 0 saturated heterocycles. The molecule has 0 amide bonds. The molecule has 0 bridgehead atoms. The van der Waals surface area contributed by atoms with E-state index in [1.807, 2.05) is 0 Å². The third-order valence-corrected chi connectivity index (χ3v) is 4.67. The number of nitrogens with two attached hydrogens (primary N) is 1. The van der Waals surface area contributed by atoms with Crippen LogP contribution in [0, 0.1) is 0 Å². The van der Waals surface area contributed by atoms with Gasteiger partial charge in [0, 0.05) is 10.9 Å². The maximum absolute atomic E-state index is 11.2. The van der Waals surface area contributed by atoms with Crippen molar-refractivity contribution in [3.63, 3.8) is 0 Å². The lowest BCUT2D eigenvalue weighted by atomic mass is 9.78. The second-order valence-corrected chi connectivity index (χ2v) is 6.47. The van der Waals surface area contributed by atoms with Gasteiger partial charge in [0.05, 0.1) is 36.4 Å². The van der Waals surface area contributed by atoms with Gasteiger partial charge in [-0.05, 0) is 29.2 Å². The predicted octanol–water partition coefficient (Wildman–Crippen LogP) is 0.451. The van der Waals surface area contributed by atoms with Crippen LogP contribution in [0.15, 0.2) is 48.8 Å². The number of aromatic carboxylic acids is 1. The molecule has 4 rings (SSSR count). The molecule has 0 aliphatic carbocycles. The first-order valence-corrected chi connectivity index (χ1v) is 8.77. The van der Waals surface area contributed by atoms with Crippen LogP contribution in [0.5, 0.6) is 5.75 Å². The number of carboxylic acids is 1. The smallest absolute Gasteiger partial charge is 0.488 e. The van der Waals surface area contributed by atoms with Crippen LogP contribution in [-0.4, -0.2) is 55.3 Å². The number of hydrogen-bond donors (Lipinski definition) is 4. The summed E-state index contributed by atoms with van der Waals surface area (Å²) in [7, 11) is -0.121. The lowest BCUT2D eigenvalue weighted by molar-refractivity contribution is 0.0690. The third-order valence-electron chi connectivity index (χ3n) is 4.67. The highest BCUT2D eigenvalue weighted by molar-refractivity contribution is 6.58. The molecule has 11 heteroatoms. The molecule has 0 unspecified atom stereocenters. The Kier molecular flexibility index (Phi) is 4.82. The van der Waals surface area contributed by atoms with E-state index in [1.54, 1.807) is 53.5 Å². The Morgan fingerprint density at radius 1 is 1.17 bits per heavy atom. The van der Waals surface area contributed by atoms with E-state index >= 15 is 0 Å². The van der Waals surface area contributed by atoms with Crippen LogP contribution in [0.3, 0.4) is 0 Å². The number of fused-ring (bicyclic) bond motifs is 1. The molecule has 2 heterocycles. The van der Waals surface area contributed by atoms with E-state index in [2.05, 4.69) is 15.3 Å². The Morgan fingerprint density at radius 2 is 1.97 bits per heavy atom. The zero-order chi connectivity index (χ0) is 21.4. The van der Waals surface area contributed by atoms with Gasteiger partial charge in [-0.2, -0.15) is 5.10 Å². The van der Waals surface area contributed by atoms with Crippen molar-refractivity contribution in [1.82, 2.24) is 20.0 Å². The third kappa shape index (κ3) is 3.32. The molecule has 0 aliphatic heterocycles. The van der Waals surface area contributed by atoms with Crippen molar-refractivity contribution in [2.45, 2.75) is 0 Å². The van der Waals surface area contributed by atoms with Gasteiger partial charge in [-0.1, -0.05) is 18.2 Å². The largest absolute Gasteiger partial charge is 0.493 e. The Morgan fingerprint density at radius 3 is 2.63 bits per heavy atom. The van der Waals surface area contributed by atoms with Crippen molar-refractivity contribution in [3.8, 4) is 22.6 Å². The zero-order valence-electron chi connectivity index (χ0n) is 15.7. The minimum atomic E-state index is -1.65. The van der Waals surface area contributed by atoms with Gasteiger partial charge in [0.2, 0.25) is 0 Å². The normalized spacial score (nSPS) is 10.9. The second-order valence-electron chi connectivity index (χ2n) is 6.47. The van der Waals surface area contributed by atoms with Crippen molar-refractivity contribution in [2.75, 3.05) is 12.8 Å². The van der Waals surface area contributed by atoms with Crippen LogP contribution in [0.4, 0.5) is 5.69 Å². The lowest BCUT2D eigenvalue weighted by Crippen LogP contribution is -2.30. The van der Waals surface area contributed by atoms with Gasteiger partial charge in [-0.15, -0.1) is 10.2 Å². The van der Waals surface area contributed by atoms with Crippen LogP contribution in [0.2, 0.25) is 0 Å². The van der Waals surface area contributed by atoms with Crippen LogP contribution < -0.4 is 15.9 Å². The van der Waals surface area contributed by atoms with E-state index in [9.17, 15) is 19.9 Å². The van der Waals surface area contributed by atoms with Crippen LogP contribution in [0.1, 0.15) is 10.5 Å². The maximum atomic E-state index is 11.2. The molecule has 150 valence electrons. The van der Waals surface area contributed by atoms with Gasteiger partial charge in [0.25, 0.3) is 0 Å². The molecule has 5 N–H and O–H groups in total. The Labute approximate surface area is 170 Å². The number of aromatic nitrogens is 4. The number of hydrogen-bond acceptors (Lipinski definition) is 8. The molecule has 2 aromatic carbocycles. The van der Waals surface area contributed by atoms with E-state index < -0.39 is 13.1 Å². The summed E-state index contributed by atoms with van der Waals surface area (Å²) in [4.78, 5) is 11.2. The zero-order valence-corrected chi connectivity index (χ0v) is 15.7. The summed E-state index contributed by atoms with van der Waals surface area (Å²) >= 11 is 0. The van der Waals surface area contributed by atoms with Gasteiger partial charge in [0.1, 0.15) is 0 Å². The first kappa shape index (κ1) is 19.4. The highest BCUT2D eigenvalue weighted by Gasteiger charge is 2.18.